The highest BCUT2D eigenvalue weighted by Gasteiger charge is 2.38. The fraction of sp³-hybridized carbons (Fsp3) is 0.500. The average molecular weight is 459 g/mol. The Labute approximate surface area is 194 Å². The molecule has 0 fully saturated rings. The third-order valence-electron chi connectivity index (χ3n) is 5.35. The molecule has 32 heavy (non-hydrogen) atoms. The molecule has 0 bridgehead atoms. The summed E-state index contributed by atoms with van der Waals surface area (Å²) >= 11 is 0. The number of aliphatic hydroxyl groups excluding tert-OH is 1. The van der Waals surface area contributed by atoms with E-state index in [-0.39, 0.29) is 17.7 Å². The molecule has 0 aliphatic carbocycles. The van der Waals surface area contributed by atoms with E-state index in [1.165, 1.54) is 13.2 Å². The number of rotatable bonds is 11. The van der Waals surface area contributed by atoms with E-state index in [4.69, 9.17) is 9.16 Å². The van der Waals surface area contributed by atoms with Crippen LogP contribution in [0, 0.1) is 11.8 Å². The van der Waals surface area contributed by atoms with Crippen LogP contribution in [0.15, 0.2) is 54.6 Å². The van der Waals surface area contributed by atoms with Crippen LogP contribution < -0.4 is 0 Å². The molecule has 0 aromatic heterocycles. The summed E-state index contributed by atoms with van der Waals surface area (Å²) in [5, 5.41) is 10.1. The Bertz CT molecular complexity index is 797. The van der Waals surface area contributed by atoms with Crippen LogP contribution in [0.4, 0.5) is 0 Å². The van der Waals surface area contributed by atoms with Crippen molar-refractivity contribution >= 4 is 14.3 Å². The molecule has 1 rings (SSSR count). The number of methoxy groups -OCH3 is 1. The van der Waals surface area contributed by atoms with Crippen molar-refractivity contribution < 1.29 is 23.8 Å². The van der Waals surface area contributed by atoms with E-state index >= 15 is 0 Å². The van der Waals surface area contributed by atoms with Crippen molar-refractivity contribution in [3.8, 4) is 11.8 Å². The minimum Gasteiger partial charge on any atom is -0.466 e. The molecular weight excluding hydrogens is 420 g/mol. The van der Waals surface area contributed by atoms with Gasteiger partial charge in [0.1, 0.15) is 12.7 Å². The molecule has 176 valence electrons. The van der Waals surface area contributed by atoms with E-state index in [0.29, 0.717) is 19.4 Å². The third kappa shape index (κ3) is 11.4. The highest BCUT2D eigenvalue weighted by atomic mass is 28.4. The third-order valence-corrected chi connectivity index (χ3v) is 9.85. The van der Waals surface area contributed by atoms with Gasteiger partial charge in [0.15, 0.2) is 8.32 Å². The maximum absolute atomic E-state index is 11.5. The Hall–Kier alpha value is -2.17. The molecule has 1 unspecified atom stereocenters. The number of carbonyl (C=O) groups excluding carboxylic acids is 1. The average Bonchev–Trinajstić information content (AvgIpc) is 2.74. The largest absolute Gasteiger partial charge is 0.466 e. The Morgan fingerprint density at radius 3 is 2.44 bits per heavy atom. The molecule has 0 saturated heterocycles. The number of hydrogen-bond acceptors (Lipinski definition) is 5. The summed E-state index contributed by atoms with van der Waals surface area (Å²) in [6, 6.07) is 9.89. The highest BCUT2D eigenvalue weighted by molar-refractivity contribution is 6.74. The molecule has 2 atom stereocenters. The molecular formula is C26H38O5Si. The van der Waals surface area contributed by atoms with Gasteiger partial charge in [-0.15, -0.1) is 0 Å². The lowest BCUT2D eigenvalue weighted by atomic mass is 10.2. The second-order valence-electron chi connectivity index (χ2n) is 9.06. The summed E-state index contributed by atoms with van der Waals surface area (Å²) in [6.07, 6.45) is 7.02. The van der Waals surface area contributed by atoms with Gasteiger partial charge in [-0.2, -0.15) is 0 Å². The van der Waals surface area contributed by atoms with Crippen molar-refractivity contribution in [2.75, 3.05) is 13.7 Å². The molecule has 1 aromatic rings. The first-order valence-electron chi connectivity index (χ1n) is 10.9. The zero-order valence-electron chi connectivity index (χ0n) is 20.3. The Morgan fingerprint density at radius 1 is 1.16 bits per heavy atom. The minimum absolute atomic E-state index is 0.0580. The number of esters is 1. The van der Waals surface area contributed by atoms with E-state index in [2.05, 4.69) is 50.4 Å². The van der Waals surface area contributed by atoms with Gasteiger partial charge < -0.3 is 19.0 Å². The molecule has 0 aliphatic heterocycles. The predicted octanol–water partition coefficient (Wildman–Crippen LogP) is 5.02. The van der Waals surface area contributed by atoms with E-state index in [0.717, 1.165) is 5.56 Å². The first kappa shape index (κ1) is 27.9. The maximum Gasteiger partial charge on any atom is 0.330 e. The van der Waals surface area contributed by atoms with Crippen molar-refractivity contribution in [1.29, 1.82) is 0 Å². The first-order valence-corrected chi connectivity index (χ1v) is 13.8. The Kier molecular flexibility index (Phi) is 12.3. The smallest absolute Gasteiger partial charge is 0.330 e. The number of hydrogen-bond donors (Lipinski definition) is 1. The normalized spacial score (nSPS) is 14.2. The van der Waals surface area contributed by atoms with E-state index in [9.17, 15) is 9.90 Å². The molecule has 0 amide bonds. The lowest BCUT2D eigenvalue weighted by Gasteiger charge is -2.38. The lowest BCUT2D eigenvalue weighted by molar-refractivity contribution is -0.134. The van der Waals surface area contributed by atoms with Crippen LogP contribution in [0.1, 0.15) is 39.2 Å². The van der Waals surface area contributed by atoms with Crippen LogP contribution >= 0.6 is 0 Å². The molecule has 1 aromatic carbocycles. The van der Waals surface area contributed by atoms with Crippen LogP contribution in [0.25, 0.3) is 0 Å². The first-order chi connectivity index (χ1) is 15.0. The second kappa shape index (κ2) is 14.1. The number of carbonyl (C=O) groups is 1. The van der Waals surface area contributed by atoms with E-state index in [1.54, 1.807) is 6.08 Å². The molecule has 0 radical (unpaired) electrons. The summed E-state index contributed by atoms with van der Waals surface area (Å²) in [5.41, 5.74) is 1.09. The zero-order chi connectivity index (χ0) is 24.0. The van der Waals surface area contributed by atoms with Crippen molar-refractivity contribution in [1.82, 2.24) is 0 Å². The fourth-order valence-electron chi connectivity index (χ4n) is 2.44. The van der Waals surface area contributed by atoms with Crippen molar-refractivity contribution in [3.63, 3.8) is 0 Å². The van der Waals surface area contributed by atoms with E-state index < -0.39 is 20.4 Å². The van der Waals surface area contributed by atoms with E-state index in [1.807, 2.05) is 42.5 Å². The van der Waals surface area contributed by atoms with Crippen LogP contribution in [0.3, 0.4) is 0 Å². The van der Waals surface area contributed by atoms with Gasteiger partial charge in [-0.1, -0.05) is 75.1 Å². The molecule has 5 nitrogen and oxygen atoms in total. The minimum atomic E-state index is -2.01. The van der Waals surface area contributed by atoms with Crippen molar-refractivity contribution in [3.05, 3.63) is 60.2 Å². The summed E-state index contributed by atoms with van der Waals surface area (Å²) in [4.78, 5) is 11.5. The van der Waals surface area contributed by atoms with Gasteiger partial charge in [0.05, 0.1) is 19.8 Å². The summed E-state index contributed by atoms with van der Waals surface area (Å²) < 4.78 is 16.6. The van der Waals surface area contributed by atoms with Gasteiger partial charge in [0.25, 0.3) is 0 Å². The molecule has 1 N–H and O–H groups in total. The van der Waals surface area contributed by atoms with Crippen LogP contribution in [-0.4, -0.2) is 45.3 Å². The van der Waals surface area contributed by atoms with Crippen LogP contribution in [-0.2, 0) is 25.3 Å². The topological polar surface area (TPSA) is 65.0 Å². The van der Waals surface area contributed by atoms with Gasteiger partial charge in [-0.3, -0.25) is 0 Å². The molecule has 6 heteroatoms. The standard InChI is InChI=1S/C26H38O5Si/c1-26(2,3)32(5,6)31-24(18-19-25(28)29-4)17-11-10-15-23(27)16-12-20-30-21-22-13-8-7-9-14-22/h7-11,13-14,18-19,23-24,27H,15,17,20-21H2,1-6H3/b11-10-,19-18+/t23?,24-/m0/s1. The molecule has 0 aliphatic rings. The summed E-state index contributed by atoms with van der Waals surface area (Å²) in [5.74, 6) is 5.24. The van der Waals surface area contributed by atoms with Crippen molar-refractivity contribution in [2.45, 2.75) is 70.6 Å². The van der Waals surface area contributed by atoms with Crippen molar-refractivity contribution in [2.24, 2.45) is 0 Å². The van der Waals surface area contributed by atoms with Gasteiger partial charge in [0.2, 0.25) is 0 Å². The Morgan fingerprint density at radius 2 is 1.81 bits per heavy atom. The quantitative estimate of drug-likeness (QED) is 0.126. The molecule has 0 spiro atoms. The summed E-state index contributed by atoms with van der Waals surface area (Å²) in [7, 11) is -0.653. The second-order valence-corrected chi connectivity index (χ2v) is 13.8. The zero-order valence-corrected chi connectivity index (χ0v) is 21.3. The SMILES string of the molecule is COC(=O)/C=C/[C@H](C/C=C\CC(O)C#CCOCc1ccccc1)O[Si](C)(C)C(C)(C)C. The Balaban J connectivity index is 2.51. The summed E-state index contributed by atoms with van der Waals surface area (Å²) in [6.45, 7) is 11.7. The monoisotopic (exact) mass is 458 g/mol. The molecule has 0 heterocycles. The molecule has 0 saturated carbocycles. The lowest BCUT2D eigenvalue weighted by Crippen LogP contribution is -2.43. The predicted molar refractivity (Wildman–Crippen MR) is 131 cm³/mol. The van der Waals surface area contributed by atoms with Gasteiger partial charge in [-0.05, 0) is 36.2 Å². The van der Waals surface area contributed by atoms with Crippen LogP contribution in [0.5, 0.6) is 0 Å². The van der Waals surface area contributed by atoms with Gasteiger partial charge in [0, 0.05) is 12.5 Å². The van der Waals surface area contributed by atoms with Gasteiger partial charge in [-0.25, -0.2) is 4.79 Å². The fourth-order valence-corrected chi connectivity index (χ4v) is 3.73. The number of aliphatic hydroxyl groups is 1. The van der Waals surface area contributed by atoms with Gasteiger partial charge >= 0.3 is 5.97 Å². The highest BCUT2D eigenvalue weighted by Crippen LogP contribution is 2.37. The number of ether oxygens (including phenoxy) is 2. The number of benzene rings is 1. The maximum atomic E-state index is 11.5. The van der Waals surface area contributed by atoms with Crippen LogP contribution in [0.2, 0.25) is 18.1 Å².